The Morgan fingerprint density at radius 1 is 1.17 bits per heavy atom. The molecule has 23 heavy (non-hydrogen) atoms. The van der Waals surface area contributed by atoms with Gasteiger partial charge in [-0.2, -0.15) is 0 Å². The molecule has 4 heteroatoms. The van der Waals surface area contributed by atoms with Gasteiger partial charge in [-0.15, -0.1) is 11.3 Å². The molecule has 1 fully saturated rings. The molecule has 122 valence electrons. The van der Waals surface area contributed by atoms with E-state index in [0.717, 1.165) is 15.3 Å². The second-order valence-electron chi connectivity index (χ2n) is 6.25. The maximum absolute atomic E-state index is 12.0. The summed E-state index contributed by atoms with van der Waals surface area (Å²) in [5.74, 6) is 0.726. The number of rotatable bonds is 6. The van der Waals surface area contributed by atoms with Gasteiger partial charge >= 0.3 is 0 Å². The Hall–Kier alpha value is -1.65. The van der Waals surface area contributed by atoms with Crippen molar-refractivity contribution >= 4 is 17.2 Å². The first-order valence-corrected chi connectivity index (χ1v) is 9.12. The van der Waals surface area contributed by atoms with Crippen molar-refractivity contribution in [2.45, 2.75) is 44.8 Å². The van der Waals surface area contributed by atoms with Crippen molar-refractivity contribution in [1.29, 1.82) is 0 Å². The zero-order chi connectivity index (χ0) is 16.1. The molecule has 2 N–H and O–H groups in total. The normalized spacial score (nSPS) is 16.4. The van der Waals surface area contributed by atoms with Gasteiger partial charge in [0, 0.05) is 16.2 Å². The molecule has 0 spiro atoms. The fraction of sp³-hybridized carbons (Fsp3) is 0.421. The van der Waals surface area contributed by atoms with Gasteiger partial charge in [0.1, 0.15) is 6.10 Å². The molecule has 3 rings (SSSR count). The minimum atomic E-state index is -0.593. The number of aliphatic hydroxyl groups is 1. The maximum atomic E-state index is 12.0. The molecular formula is C19H23NO2S. The molecule has 1 aromatic carbocycles. The van der Waals surface area contributed by atoms with Crippen molar-refractivity contribution < 1.29 is 9.90 Å². The molecule has 0 aliphatic heterocycles. The molecule has 3 nitrogen and oxygen atoms in total. The number of carbonyl (C=O) groups is 1. The molecule has 1 saturated carbocycles. The monoisotopic (exact) mass is 329 g/mol. The average molecular weight is 329 g/mol. The molecule has 1 aromatic heterocycles. The van der Waals surface area contributed by atoms with E-state index in [1.165, 1.54) is 25.7 Å². The Kier molecular flexibility index (Phi) is 5.47. The Morgan fingerprint density at radius 2 is 1.91 bits per heavy atom. The second kappa shape index (κ2) is 7.75. The van der Waals surface area contributed by atoms with Crippen LogP contribution in [0.25, 0.3) is 0 Å². The highest BCUT2D eigenvalue weighted by atomic mass is 32.1. The predicted octanol–water partition coefficient (Wildman–Crippen LogP) is 4.03. The van der Waals surface area contributed by atoms with Gasteiger partial charge in [0.25, 0.3) is 0 Å². The van der Waals surface area contributed by atoms with E-state index >= 15 is 0 Å². The van der Waals surface area contributed by atoms with Crippen molar-refractivity contribution in [2.24, 2.45) is 5.92 Å². The minimum Gasteiger partial charge on any atom is -0.383 e. The van der Waals surface area contributed by atoms with Crippen LogP contribution in [0.1, 0.15) is 53.5 Å². The summed E-state index contributed by atoms with van der Waals surface area (Å²) in [4.78, 5) is 14.0. The standard InChI is InChI=1S/C19H23NO2S/c21-18(12-14-6-4-5-7-14)20-13-16-10-11-17(23-16)19(22)15-8-2-1-3-9-15/h1-3,8-11,14,19,22H,4-7,12-13H2,(H,20,21)/t19-/m1/s1. The van der Waals surface area contributed by atoms with Crippen molar-refractivity contribution in [1.82, 2.24) is 5.32 Å². The van der Waals surface area contributed by atoms with E-state index in [1.54, 1.807) is 11.3 Å². The molecule has 0 saturated heterocycles. The van der Waals surface area contributed by atoms with Crippen molar-refractivity contribution in [3.05, 3.63) is 57.8 Å². The fourth-order valence-corrected chi connectivity index (χ4v) is 4.14. The summed E-state index contributed by atoms with van der Waals surface area (Å²) in [5.41, 5.74) is 0.895. The van der Waals surface area contributed by atoms with E-state index in [4.69, 9.17) is 0 Å². The quantitative estimate of drug-likeness (QED) is 0.841. The lowest BCUT2D eigenvalue weighted by atomic mass is 10.0. The number of aliphatic hydroxyl groups excluding tert-OH is 1. The first-order chi connectivity index (χ1) is 11.2. The third kappa shape index (κ3) is 4.43. The van der Waals surface area contributed by atoms with E-state index in [1.807, 2.05) is 42.5 Å². The van der Waals surface area contributed by atoms with Crippen molar-refractivity contribution in [3.63, 3.8) is 0 Å². The Morgan fingerprint density at radius 3 is 2.65 bits per heavy atom. The van der Waals surface area contributed by atoms with Gasteiger partial charge in [0.2, 0.25) is 5.91 Å². The van der Waals surface area contributed by atoms with Crippen LogP contribution in [-0.2, 0) is 11.3 Å². The molecule has 0 bridgehead atoms. The molecule has 0 radical (unpaired) electrons. The lowest BCUT2D eigenvalue weighted by molar-refractivity contribution is -0.122. The molecule has 0 unspecified atom stereocenters. The van der Waals surface area contributed by atoms with Gasteiger partial charge in [-0.05, 0) is 36.5 Å². The maximum Gasteiger partial charge on any atom is 0.220 e. The van der Waals surface area contributed by atoms with Crippen LogP contribution in [0.15, 0.2) is 42.5 Å². The van der Waals surface area contributed by atoms with E-state index in [9.17, 15) is 9.90 Å². The number of benzene rings is 1. The summed E-state index contributed by atoms with van der Waals surface area (Å²) in [6.45, 7) is 0.553. The van der Waals surface area contributed by atoms with Gasteiger partial charge in [-0.3, -0.25) is 4.79 Å². The zero-order valence-electron chi connectivity index (χ0n) is 13.2. The van der Waals surface area contributed by atoms with Crippen LogP contribution in [-0.4, -0.2) is 11.0 Å². The molecular weight excluding hydrogens is 306 g/mol. The van der Waals surface area contributed by atoms with Crippen LogP contribution in [0.2, 0.25) is 0 Å². The number of carbonyl (C=O) groups excluding carboxylic acids is 1. The summed E-state index contributed by atoms with van der Waals surface area (Å²) in [6, 6.07) is 13.6. The fourth-order valence-electron chi connectivity index (χ4n) is 3.17. The van der Waals surface area contributed by atoms with E-state index in [0.29, 0.717) is 18.9 Å². The van der Waals surface area contributed by atoms with Gasteiger partial charge in [-0.25, -0.2) is 0 Å². The minimum absolute atomic E-state index is 0.149. The smallest absolute Gasteiger partial charge is 0.220 e. The number of hydrogen-bond acceptors (Lipinski definition) is 3. The Labute approximate surface area is 141 Å². The first-order valence-electron chi connectivity index (χ1n) is 8.30. The van der Waals surface area contributed by atoms with Crippen LogP contribution >= 0.6 is 11.3 Å². The van der Waals surface area contributed by atoms with E-state index in [-0.39, 0.29) is 5.91 Å². The summed E-state index contributed by atoms with van der Waals surface area (Å²) in [6.07, 6.45) is 4.99. The highest BCUT2D eigenvalue weighted by Gasteiger charge is 2.18. The second-order valence-corrected chi connectivity index (χ2v) is 7.45. The lowest BCUT2D eigenvalue weighted by Crippen LogP contribution is -2.24. The van der Waals surface area contributed by atoms with E-state index < -0.39 is 6.10 Å². The van der Waals surface area contributed by atoms with Crippen molar-refractivity contribution in [2.75, 3.05) is 0 Å². The third-order valence-electron chi connectivity index (χ3n) is 4.48. The van der Waals surface area contributed by atoms with Crippen molar-refractivity contribution in [3.8, 4) is 0 Å². The topological polar surface area (TPSA) is 49.3 Å². The van der Waals surface area contributed by atoms with Gasteiger partial charge in [0.05, 0.1) is 6.54 Å². The highest BCUT2D eigenvalue weighted by molar-refractivity contribution is 7.12. The SMILES string of the molecule is O=C(CC1CCCC1)NCc1ccc([C@H](O)c2ccccc2)s1. The highest BCUT2D eigenvalue weighted by Crippen LogP contribution is 2.29. The number of thiophene rings is 1. The number of amides is 1. The summed E-state index contributed by atoms with van der Waals surface area (Å²) in [7, 11) is 0. The predicted molar refractivity (Wildman–Crippen MR) is 93.2 cm³/mol. The third-order valence-corrected chi connectivity index (χ3v) is 5.61. The number of hydrogen-bond donors (Lipinski definition) is 2. The van der Waals surface area contributed by atoms with Gasteiger partial charge in [0.15, 0.2) is 0 Å². The molecule has 1 aliphatic rings. The van der Waals surface area contributed by atoms with Gasteiger partial charge < -0.3 is 10.4 Å². The molecule has 1 atom stereocenters. The van der Waals surface area contributed by atoms with Crippen LogP contribution in [0.5, 0.6) is 0 Å². The zero-order valence-corrected chi connectivity index (χ0v) is 14.0. The van der Waals surface area contributed by atoms with Crippen LogP contribution in [0, 0.1) is 5.92 Å². The first kappa shape index (κ1) is 16.2. The van der Waals surface area contributed by atoms with Crippen LogP contribution < -0.4 is 5.32 Å². The van der Waals surface area contributed by atoms with E-state index in [2.05, 4.69) is 5.32 Å². The summed E-state index contributed by atoms with van der Waals surface area (Å²) >= 11 is 1.56. The molecule has 2 aromatic rings. The largest absolute Gasteiger partial charge is 0.383 e. The number of nitrogens with one attached hydrogen (secondary N) is 1. The summed E-state index contributed by atoms with van der Waals surface area (Å²) in [5, 5.41) is 13.4. The Balaban J connectivity index is 1.52. The molecule has 1 amide bonds. The van der Waals surface area contributed by atoms with Gasteiger partial charge in [-0.1, -0.05) is 43.2 Å². The Bertz CT molecular complexity index is 632. The lowest BCUT2D eigenvalue weighted by Gasteiger charge is -2.09. The van der Waals surface area contributed by atoms with Crippen LogP contribution in [0.3, 0.4) is 0 Å². The summed E-state index contributed by atoms with van der Waals surface area (Å²) < 4.78 is 0. The van der Waals surface area contributed by atoms with Crippen LogP contribution in [0.4, 0.5) is 0 Å². The molecule has 1 aliphatic carbocycles. The molecule has 1 heterocycles. The average Bonchev–Trinajstić information content (AvgIpc) is 3.25.